The molecule has 0 aromatic carbocycles. The van der Waals surface area contributed by atoms with Crippen molar-refractivity contribution in [2.75, 3.05) is 18.4 Å². The molecule has 6 nitrogen and oxygen atoms in total. The largest absolute Gasteiger partial charge is 0.341 e. The Morgan fingerprint density at radius 1 is 1.35 bits per heavy atom. The topological polar surface area (TPSA) is 74.3 Å². The van der Waals surface area contributed by atoms with Crippen LogP contribution in [-0.4, -0.2) is 41.0 Å². The molecular formula is C17H24N4O2. The number of nitrogens with zero attached hydrogens (tertiary/aromatic N) is 2. The Hall–Kier alpha value is -2.11. The third-order valence-corrected chi connectivity index (χ3v) is 4.65. The minimum absolute atomic E-state index is 0.0115. The molecule has 1 unspecified atom stereocenters. The molecule has 1 aliphatic carbocycles. The molecule has 3 rings (SSSR count). The van der Waals surface area contributed by atoms with E-state index in [1.165, 1.54) is 18.4 Å². The lowest BCUT2D eigenvalue weighted by atomic mass is 9.96. The average Bonchev–Trinajstić information content (AvgIpc) is 2.56. The molecule has 1 atom stereocenters. The molecule has 0 radical (unpaired) electrons. The zero-order chi connectivity index (χ0) is 16.2. The van der Waals surface area contributed by atoms with Gasteiger partial charge >= 0.3 is 6.03 Å². The van der Waals surface area contributed by atoms with E-state index in [0.717, 1.165) is 31.5 Å². The van der Waals surface area contributed by atoms with Gasteiger partial charge in [-0.05, 0) is 57.1 Å². The average molecular weight is 316 g/mol. The monoisotopic (exact) mass is 316 g/mol. The molecule has 1 aromatic heterocycles. The van der Waals surface area contributed by atoms with E-state index in [2.05, 4.69) is 15.6 Å². The second-order valence-electron chi connectivity index (χ2n) is 6.25. The van der Waals surface area contributed by atoms with Gasteiger partial charge in [0.05, 0.1) is 11.9 Å². The van der Waals surface area contributed by atoms with E-state index < -0.39 is 6.04 Å². The fourth-order valence-corrected chi connectivity index (χ4v) is 3.37. The van der Waals surface area contributed by atoms with Crippen LogP contribution in [0.5, 0.6) is 0 Å². The summed E-state index contributed by atoms with van der Waals surface area (Å²) in [4.78, 5) is 30.6. The first-order valence-electron chi connectivity index (χ1n) is 8.51. The first kappa shape index (κ1) is 15.8. The fraction of sp³-hybridized carbons (Fsp3) is 0.588. The van der Waals surface area contributed by atoms with Gasteiger partial charge in [-0.1, -0.05) is 0 Å². The molecule has 1 saturated heterocycles. The molecule has 6 heteroatoms. The van der Waals surface area contributed by atoms with E-state index in [4.69, 9.17) is 0 Å². The highest BCUT2D eigenvalue weighted by Gasteiger charge is 2.28. The summed E-state index contributed by atoms with van der Waals surface area (Å²) in [5.74, 6) is 0.0115. The number of likely N-dealkylation sites (N-methyl/N-ethyl adjacent to an activating group) is 1. The second kappa shape index (κ2) is 6.98. The fourth-order valence-electron chi connectivity index (χ4n) is 3.37. The van der Waals surface area contributed by atoms with Gasteiger partial charge in [0, 0.05) is 18.8 Å². The van der Waals surface area contributed by atoms with Gasteiger partial charge in [-0.3, -0.25) is 9.78 Å². The number of piperidine rings is 1. The van der Waals surface area contributed by atoms with Crippen molar-refractivity contribution in [3.05, 3.63) is 23.5 Å². The molecule has 3 amide bonds. The molecule has 0 bridgehead atoms. The first-order valence-corrected chi connectivity index (χ1v) is 8.51. The van der Waals surface area contributed by atoms with Crippen molar-refractivity contribution in [3.8, 4) is 0 Å². The number of hydrogen-bond acceptors (Lipinski definition) is 3. The number of amides is 3. The summed E-state index contributed by atoms with van der Waals surface area (Å²) < 4.78 is 0. The van der Waals surface area contributed by atoms with Gasteiger partial charge in [-0.15, -0.1) is 0 Å². The molecule has 1 aliphatic heterocycles. The minimum Gasteiger partial charge on any atom is -0.341 e. The van der Waals surface area contributed by atoms with Gasteiger partial charge in [0.25, 0.3) is 0 Å². The van der Waals surface area contributed by atoms with E-state index in [1.807, 2.05) is 13.0 Å². The molecule has 0 spiro atoms. The number of likely N-dealkylation sites (tertiary alicyclic amines) is 1. The standard InChI is InChI=1S/C17H24N4O2/c1-2-21-9-5-8-15(16(21)22)20-17(23)19-13-10-12-6-3-4-7-14(12)18-11-13/h10-11,15H,2-9H2,1H3,(H2,19,20,23). The molecule has 0 saturated carbocycles. The zero-order valence-corrected chi connectivity index (χ0v) is 13.6. The van der Waals surface area contributed by atoms with Crippen LogP contribution in [0.25, 0.3) is 0 Å². The van der Waals surface area contributed by atoms with Crippen molar-refractivity contribution < 1.29 is 9.59 Å². The maximum atomic E-state index is 12.2. The lowest BCUT2D eigenvalue weighted by Gasteiger charge is -2.31. The normalized spacial score (nSPS) is 20.8. The predicted octanol–water partition coefficient (Wildman–Crippen LogP) is 2.09. The Bertz CT molecular complexity index is 602. The molecule has 1 aromatic rings. The van der Waals surface area contributed by atoms with Crippen LogP contribution in [0.2, 0.25) is 0 Å². The van der Waals surface area contributed by atoms with E-state index >= 15 is 0 Å². The van der Waals surface area contributed by atoms with Crippen LogP contribution in [0.1, 0.15) is 43.9 Å². The van der Waals surface area contributed by atoms with Crippen molar-refractivity contribution >= 4 is 17.6 Å². The van der Waals surface area contributed by atoms with Gasteiger partial charge < -0.3 is 15.5 Å². The number of nitrogens with one attached hydrogen (secondary N) is 2. The molecule has 2 heterocycles. The minimum atomic E-state index is -0.422. The number of pyridine rings is 1. The number of carbonyl (C=O) groups is 2. The van der Waals surface area contributed by atoms with Crippen molar-refractivity contribution in [1.29, 1.82) is 0 Å². The number of carbonyl (C=O) groups excluding carboxylic acids is 2. The number of aryl methyl sites for hydroxylation is 2. The summed E-state index contributed by atoms with van der Waals surface area (Å²) in [6.45, 7) is 3.43. The van der Waals surface area contributed by atoms with Gasteiger partial charge in [-0.2, -0.15) is 0 Å². The quantitative estimate of drug-likeness (QED) is 0.897. The SMILES string of the molecule is CCN1CCCC(NC(=O)Nc2cnc3c(c2)CCCC3)C1=O. The van der Waals surface area contributed by atoms with E-state index in [0.29, 0.717) is 18.7 Å². The van der Waals surface area contributed by atoms with Crippen molar-refractivity contribution in [2.24, 2.45) is 0 Å². The third kappa shape index (κ3) is 3.63. The third-order valence-electron chi connectivity index (χ3n) is 4.65. The van der Waals surface area contributed by atoms with Crippen LogP contribution in [0, 0.1) is 0 Å². The summed E-state index contributed by atoms with van der Waals surface area (Å²) in [7, 11) is 0. The summed E-state index contributed by atoms with van der Waals surface area (Å²) in [6.07, 6.45) is 7.72. The lowest BCUT2D eigenvalue weighted by Crippen LogP contribution is -2.53. The zero-order valence-electron chi connectivity index (χ0n) is 13.6. The van der Waals surface area contributed by atoms with E-state index in [-0.39, 0.29) is 11.9 Å². The number of anilines is 1. The molecule has 1 fully saturated rings. The van der Waals surface area contributed by atoms with Crippen molar-refractivity contribution in [1.82, 2.24) is 15.2 Å². The smallest absolute Gasteiger partial charge is 0.319 e. The van der Waals surface area contributed by atoms with Gasteiger partial charge in [0.1, 0.15) is 6.04 Å². The van der Waals surface area contributed by atoms with E-state index in [9.17, 15) is 9.59 Å². The Labute approximate surface area is 136 Å². The maximum Gasteiger partial charge on any atom is 0.319 e. The maximum absolute atomic E-state index is 12.2. The van der Waals surface area contributed by atoms with Crippen LogP contribution in [0.15, 0.2) is 12.3 Å². The van der Waals surface area contributed by atoms with Crippen LogP contribution >= 0.6 is 0 Å². The number of hydrogen-bond donors (Lipinski definition) is 2. The Kier molecular flexibility index (Phi) is 4.79. The van der Waals surface area contributed by atoms with Gasteiger partial charge in [-0.25, -0.2) is 4.79 Å². The number of aromatic nitrogens is 1. The number of rotatable bonds is 3. The predicted molar refractivity (Wildman–Crippen MR) is 88.3 cm³/mol. The Morgan fingerprint density at radius 2 is 2.17 bits per heavy atom. The van der Waals surface area contributed by atoms with Gasteiger partial charge in [0.15, 0.2) is 0 Å². The summed E-state index contributed by atoms with van der Waals surface area (Å²) in [5.41, 5.74) is 3.06. The van der Waals surface area contributed by atoms with Crippen LogP contribution in [-0.2, 0) is 17.6 Å². The Morgan fingerprint density at radius 3 is 3.00 bits per heavy atom. The Balaban J connectivity index is 1.60. The van der Waals surface area contributed by atoms with Crippen molar-refractivity contribution in [2.45, 2.75) is 51.5 Å². The van der Waals surface area contributed by atoms with Crippen molar-refractivity contribution in [3.63, 3.8) is 0 Å². The number of fused-ring (bicyclic) bond motifs is 1. The highest BCUT2D eigenvalue weighted by molar-refractivity contribution is 5.93. The van der Waals surface area contributed by atoms with Crippen LogP contribution in [0.4, 0.5) is 10.5 Å². The van der Waals surface area contributed by atoms with E-state index in [1.54, 1.807) is 11.1 Å². The first-order chi connectivity index (χ1) is 11.2. The summed E-state index contributed by atoms with van der Waals surface area (Å²) >= 11 is 0. The molecule has 23 heavy (non-hydrogen) atoms. The van der Waals surface area contributed by atoms with Crippen LogP contribution in [0.3, 0.4) is 0 Å². The molecular weight excluding hydrogens is 292 g/mol. The molecule has 2 N–H and O–H groups in total. The highest BCUT2D eigenvalue weighted by atomic mass is 16.2. The van der Waals surface area contributed by atoms with Crippen LogP contribution < -0.4 is 10.6 Å². The molecule has 2 aliphatic rings. The van der Waals surface area contributed by atoms with Gasteiger partial charge in [0.2, 0.25) is 5.91 Å². The number of urea groups is 1. The molecule has 124 valence electrons. The summed E-state index contributed by atoms with van der Waals surface area (Å²) in [5, 5.41) is 5.60. The second-order valence-corrected chi connectivity index (χ2v) is 6.25. The summed E-state index contributed by atoms with van der Waals surface area (Å²) in [6, 6.07) is 1.25. The highest BCUT2D eigenvalue weighted by Crippen LogP contribution is 2.22. The lowest BCUT2D eigenvalue weighted by molar-refractivity contribution is -0.135.